The summed E-state index contributed by atoms with van der Waals surface area (Å²) in [4.78, 5) is 0. The molecule has 0 aliphatic carbocycles. The highest BCUT2D eigenvalue weighted by Gasteiger charge is 2.07. The lowest BCUT2D eigenvalue weighted by atomic mass is 10.1. The molecule has 0 aliphatic rings. The van der Waals surface area contributed by atoms with E-state index in [9.17, 15) is 0 Å². The number of ether oxygens (including phenoxy) is 1. The molecular weight excluding hydrogens is 290 g/mol. The lowest BCUT2D eigenvalue weighted by Crippen LogP contribution is -2.08. The molecule has 0 aliphatic heterocycles. The van der Waals surface area contributed by atoms with Crippen molar-refractivity contribution >= 4 is 15.9 Å². The van der Waals surface area contributed by atoms with Crippen molar-refractivity contribution in [1.82, 2.24) is 0 Å². The van der Waals surface area contributed by atoms with E-state index in [-0.39, 0.29) is 6.04 Å². The quantitative estimate of drug-likeness (QED) is 0.925. The van der Waals surface area contributed by atoms with E-state index in [2.05, 4.69) is 15.9 Å². The molecule has 2 rings (SSSR count). The van der Waals surface area contributed by atoms with Gasteiger partial charge in [0.15, 0.2) is 0 Å². The Hall–Kier alpha value is -1.32. The Morgan fingerprint density at radius 1 is 1.11 bits per heavy atom. The molecule has 0 fully saturated rings. The van der Waals surface area contributed by atoms with Gasteiger partial charge < -0.3 is 10.5 Å². The van der Waals surface area contributed by atoms with Crippen LogP contribution in [0.5, 0.6) is 5.75 Å². The maximum atomic E-state index is 5.92. The third-order valence-corrected chi connectivity index (χ3v) is 3.52. The summed E-state index contributed by atoms with van der Waals surface area (Å²) in [6.45, 7) is 2.49. The van der Waals surface area contributed by atoms with E-state index >= 15 is 0 Å². The molecular formula is C15H16BrNO. The van der Waals surface area contributed by atoms with Crippen LogP contribution >= 0.6 is 15.9 Å². The first-order chi connectivity index (χ1) is 8.68. The van der Waals surface area contributed by atoms with Crippen molar-refractivity contribution in [2.24, 2.45) is 5.73 Å². The molecule has 2 N–H and O–H groups in total. The van der Waals surface area contributed by atoms with Crippen LogP contribution in [0.15, 0.2) is 53.0 Å². The van der Waals surface area contributed by atoms with Crippen LogP contribution in [0, 0.1) is 0 Å². The topological polar surface area (TPSA) is 35.2 Å². The summed E-state index contributed by atoms with van der Waals surface area (Å²) in [5.41, 5.74) is 8.08. The number of hydrogen-bond acceptors (Lipinski definition) is 2. The van der Waals surface area contributed by atoms with Crippen molar-refractivity contribution in [1.29, 1.82) is 0 Å². The van der Waals surface area contributed by atoms with E-state index in [4.69, 9.17) is 10.5 Å². The molecule has 0 saturated carbocycles. The lowest BCUT2D eigenvalue weighted by Gasteiger charge is -2.14. The van der Waals surface area contributed by atoms with Crippen LogP contribution in [0.1, 0.15) is 24.1 Å². The second-order valence-electron chi connectivity index (χ2n) is 4.21. The van der Waals surface area contributed by atoms with E-state index in [0.29, 0.717) is 6.61 Å². The van der Waals surface area contributed by atoms with Crippen molar-refractivity contribution in [3.05, 3.63) is 64.1 Å². The highest BCUT2D eigenvalue weighted by atomic mass is 79.9. The van der Waals surface area contributed by atoms with E-state index in [1.807, 2.05) is 55.5 Å². The van der Waals surface area contributed by atoms with E-state index in [1.165, 1.54) is 0 Å². The van der Waals surface area contributed by atoms with Crippen molar-refractivity contribution in [2.75, 3.05) is 0 Å². The molecule has 0 bridgehead atoms. The predicted molar refractivity (Wildman–Crippen MR) is 77.5 cm³/mol. The van der Waals surface area contributed by atoms with Crippen molar-refractivity contribution in [3.8, 4) is 5.75 Å². The molecule has 0 unspecified atom stereocenters. The Morgan fingerprint density at radius 3 is 2.50 bits per heavy atom. The zero-order valence-electron chi connectivity index (χ0n) is 10.3. The first-order valence-electron chi connectivity index (χ1n) is 5.89. The Kier molecular flexibility index (Phi) is 4.39. The minimum Gasteiger partial charge on any atom is -0.489 e. The second kappa shape index (κ2) is 6.03. The van der Waals surface area contributed by atoms with Gasteiger partial charge in [-0.1, -0.05) is 52.3 Å². The number of hydrogen-bond donors (Lipinski definition) is 1. The summed E-state index contributed by atoms with van der Waals surface area (Å²) in [5, 5.41) is 0. The summed E-state index contributed by atoms with van der Waals surface area (Å²) in [6.07, 6.45) is 0. The first-order valence-corrected chi connectivity index (χ1v) is 6.68. The summed E-state index contributed by atoms with van der Waals surface area (Å²) in [5.74, 6) is 0.850. The van der Waals surface area contributed by atoms with Crippen LogP contribution in [0.4, 0.5) is 0 Å². The third kappa shape index (κ3) is 3.12. The van der Waals surface area contributed by atoms with Gasteiger partial charge in [-0.15, -0.1) is 0 Å². The average Bonchev–Trinajstić information content (AvgIpc) is 2.38. The van der Waals surface area contributed by atoms with Gasteiger partial charge in [-0.2, -0.15) is 0 Å². The Morgan fingerprint density at radius 2 is 1.78 bits per heavy atom. The number of rotatable bonds is 4. The minimum absolute atomic E-state index is 0.0274. The molecule has 94 valence electrons. The van der Waals surface area contributed by atoms with E-state index in [1.54, 1.807) is 0 Å². The van der Waals surface area contributed by atoms with Gasteiger partial charge in [-0.25, -0.2) is 0 Å². The number of nitrogens with two attached hydrogens (primary N) is 1. The average molecular weight is 306 g/mol. The fourth-order valence-corrected chi connectivity index (χ4v) is 2.16. The molecule has 3 heteroatoms. The van der Waals surface area contributed by atoms with Crippen LogP contribution in [0.2, 0.25) is 0 Å². The maximum absolute atomic E-state index is 5.92. The van der Waals surface area contributed by atoms with Crippen LogP contribution in [0.3, 0.4) is 0 Å². The second-order valence-corrected chi connectivity index (χ2v) is 5.06. The predicted octanol–water partition coefficient (Wildman–Crippen LogP) is 4.05. The van der Waals surface area contributed by atoms with Gasteiger partial charge in [-0.05, 0) is 19.1 Å². The first kappa shape index (κ1) is 13.1. The summed E-state index contributed by atoms with van der Waals surface area (Å²) >= 11 is 3.51. The molecule has 18 heavy (non-hydrogen) atoms. The van der Waals surface area contributed by atoms with Gasteiger partial charge in [0.1, 0.15) is 12.4 Å². The summed E-state index contributed by atoms with van der Waals surface area (Å²) in [7, 11) is 0. The molecule has 2 aromatic carbocycles. The Labute approximate surface area is 116 Å². The van der Waals surface area contributed by atoms with Gasteiger partial charge in [0.05, 0.1) is 0 Å². The largest absolute Gasteiger partial charge is 0.489 e. The number of para-hydroxylation sites is 1. The standard InChI is InChI=1S/C15H16BrNO/c1-11(17)13-7-3-5-9-15(13)18-10-12-6-2-4-8-14(12)16/h2-9,11H,10,17H2,1H3/t11-/m0/s1. The normalized spacial score (nSPS) is 12.2. The minimum atomic E-state index is -0.0274. The fourth-order valence-electron chi connectivity index (χ4n) is 1.76. The van der Waals surface area contributed by atoms with Gasteiger partial charge in [0, 0.05) is 21.6 Å². The SMILES string of the molecule is C[C@H](N)c1ccccc1OCc1ccccc1Br. The van der Waals surface area contributed by atoms with Gasteiger partial charge in [0.25, 0.3) is 0 Å². The van der Waals surface area contributed by atoms with Gasteiger partial charge >= 0.3 is 0 Å². The molecule has 0 heterocycles. The van der Waals surface area contributed by atoms with Crippen LogP contribution in [-0.2, 0) is 6.61 Å². The van der Waals surface area contributed by atoms with Gasteiger partial charge in [-0.3, -0.25) is 0 Å². The zero-order valence-corrected chi connectivity index (χ0v) is 11.9. The zero-order chi connectivity index (χ0) is 13.0. The van der Waals surface area contributed by atoms with E-state index in [0.717, 1.165) is 21.3 Å². The highest BCUT2D eigenvalue weighted by Crippen LogP contribution is 2.25. The Balaban J connectivity index is 2.14. The van der Waals surface area contributed by atoms with Gasteiger partial charge in [0.2, 0.25) is 0 Å². The third-order valence-electron chi connectivity index (χ3n) is 2.75. The molecule has 0 saturated heterocycles. The summed E-state index contributed by atoms with van der Waals surface area (Å²) < 4.78 is 6.91. The molecule has 2 aromatic rings. The smallest absolute Gasteiger partial charge is 0.124 e. The van der Waals surface area contributed by atoms with Crippen LogP contribution in [0.25, 0.3) is 0 Å². The van der Waals surface area contributed by atoms with Crippen molar-refractivity contribution < 1.29 is 4.74 Å². The van der Waals surface area contributed by atoms with Crippen molar-refractivity contribution in [3.63, 3.8) is 0 Å². The van der Waals surface area contributed by atoms with Crippen LogP contribution in [-0.4, -0.2) is 0 Å². The highest BCUT2D eigenvalue weighted by molar-refractivity contribution is 9.10. The maximum Gasteiger partial charge on any atom is 0.124 e. The lowest BCUT2D eigenvalue weighted by molar-refractivity contribution is 0.301. The Bertz CT molecular complexity index is 525. The number of benzene rings is 2. The fraction of sp³-hybridized carbons (Fsp3) is 0.200. The van der Waals surface area contributed by atoms with Crippen LogP contribution < -0.4 is 10.5 Å². The molecule has 0 radical (unpaired) electrons. The number of halogens is 1. The summed E-state index contributed by atoms with van der Waals surface area (Å²) in [6, 6.07) is 15.9. The monoisotopic (exact) mass is 305 g/mol. The van der Waals surface area contributed by atoms with E-state index < -0.39 is 0 Å². The molecule has 2 nitrogen and oxygen atoms in total. The molecule has 0 amide bonds. The molecule has 0 spiro atoms. The molecule has 1 atom stereocenters. The molecule has 0 aromatic heterocycles. The van der Waals surface area contributed by atoms with Crippen molar-refractivity contribution in [2.45, 2.75) is 19.6 Å².